The molecule has 0 aliphatic rings. The van der Waals surface area contributed by atoms with E-state index in [4.69, 9.17) is 4.74 Å². The molecule has 0 saturated heterocycles. The highest BCUT2D eigenvalue weighted by atomic mass is 16.5. The van der Waals surface area contributed by atoms with Crippen LogP contribution in [0.2, 0.25) is 0 Å². The van der Waals surface area contributed by atoms with Gasteiger partial charge in [0.25, 0.3) is 5.91 Å². The number of rotatable bonds is 8. The summed E-state index contributed by atoms with van der Waals surface area (Å²) in [6, 6.07) is 7.28. The zero-order chi connectivity index (χ0) is 18.2. The summed E-state index contributed by atoms with van der Waals surface area (Å²) in [6.07, 6.45) is 5.42. The fourth-order valence-corrected chi connectivity index (χ4v) is 2.22. The van der Waals surface area contributed by atoms with Crippen LogP contribution in [-0.4, -0.2) is 35.6 Å². The number of benzene rings is 1. The maximum atomic E-state index is 12.3. The first-order valence-corrected chi connectivity index (χ1v) is 8.61. The minimum Gasteiger partial charge on any atom is -0.491 e. The Morgan fingerprint density at radius 3 is 2.40 bits per heavy atom. The van der Waals surface area contributed by atoms with Crippen LogP contribution < -0.4 is 15.0 Å². The lowest BCUT2D eigenvalue weighted by molar-refractivity contribution is 0.102. The van der Waals surface area contributed by atoms with Gasteiger partial charge in [-0.05, 0) is 44.5 Å². The van der Waals surface area contributed by atoms with Crippen molar-refractivity contribution >= 4 is 17.5 Å². The molecule has 0 saturated carbocycles. The van der Waals surface area contributed by atoms with Crippen LogP contribution in [0.4, 0.5) is 11.6 Å². The van der Waals surface area contributed by atoms with Crippen molar-refractivity contribution < 1.29 is 9.53 Å². The van der Waals surface area contributed by atoms with Gasteiger partial charge in [0.15, 0.2) is 0 Å². The van der Waals surface area contributed by atoms with Crippen LogP contribution in [0.25, 0.3) is 0 Å². The van der Waals surface area contributed by atoms with Crippen molar-refractivity contribution in [2.45, 2.75) is 39.7 Å². The van der Waals surface area contributed by atoms with E-state index in [1.165, 1.54) is 0 Å². The number of aromatic nitrogens is 2. The molecule has 0 spiro atoms. The fraction of sp³-hybridized carbons (Fsp3) is 0.421. The lowest BCUT2D eigenvalue weighted by atomic mass is 10.2. The third-order valence-corrected chi connectivity index (χ3v) is 3.57. The molecule has 6 nitrogen and oxygen atoms in total. The van der Waals surface area contributed by atoms with Crippen molar-refractivity contribution in [3.63, 3.8) is 0 Å². The van der Waals surface area contributed by atoms with Crippen molar-refractivity contribution in [3.05, 3.63) is 42.2 Å². The van der Waals surface area contributed by atoms with Crippen LogP contribution in [-0.2, 0) is 0 Å². The maximum absolute atomic E-state index is 12.3. The number of anilines is 2. The monoisotopic (exact) mass is 342 g/mol. The molecule has 1 heterocycles. The molecule has 0 aliphatic carbocycles. The minimum absolute atomic E-state index is 0.117. The zero-order valence-electron chi connectivity index (χ0n) is 15.3. The van der Waals surface area contributed by atoms with Crippen molar-refractivity contribution in [1.29, 1.82) is 0 Å². The highest BCUT2D eigenvalue weighted by Crippen LogP contribution is 2.17. The van der Waals surface area contributed by atoms with Gasteiger partial charge in [0.1, 0.15) is 5.75 Å². The van der Waals surface area contributed by atoms with Gasteiger partial charge >= 0.3 is 0 Å². The lowest BCUT2D eigenvalue weighted by Gasteiger charge is -2.16. The van der Waals surface area contributed by atoms with E-state index in [1.807, 2.05) is 50.1 Å². The number of carbonyl (C=O) groups is 1. The van der Waals surface area contributed by atoms with Crippen LogP contribution in [0.5, 0.6) is 5.75 Å². The van der Waals surface area contributed by atoms with Crippen LogP contribution >= 0.6 is 0 Å². The number of hydrogen-bond donors (Lipinski definition) is 1. The SMILES string of the molecule is CCCCN(C)c1ncc(C(=O)Nc2ccc(OC(C)C)cc2)cn1. The van der Waals surface area contributed by atoms with Gasteiger partial charge in [-0.3, -0.25) is 4.79 Å². The fourth-order valence-electron chi connectivity index (χ4n) is 2.22. The van der Waals surface area contributed by atoms with Gasteiger partial charge in [-0.2, -0.15) is 0 Å². The number of nitrogens with zero attached hydrogens (tertiary/aromatic N) is 3. The summed E-state index contributed by atoms with van der Waals surface area (Å²) in [4.78, 5) is 22.8. The summed E-state index contributed by atoms with van der Waals surface area (Å²) < 4.78 is 5.58. The third-order valence-electron chi connectivity index (χ3n) is 3.57. The van der Waals surface area contributed by atoms with E-state index >= 15 is 0 Å². The largest absolute Gasteiger partial charge is 0.491 e. The highest BCUT2D eigenvalue weighted by molar-refractivity contribution is 6.03. The molecule has 1 aromatic carbocycles. The zero-order valence-corrected chi connectivity index (χ0v) is 15.3. The molecule has 0 aliphatic heterocycles. The quantitative estimate of drug-likeness (QED) is 0.791. The average molecular weight is 342 g/mol. The third kappa shape index (κ3) is 5.74. The van der Waals surface area contributed by atoms with Gasteiger partial charge in [-0.15, -0.1) is 0 Å². The Balaban J connectivity index is 1.96. The van der Waals surface area contributed by atoms with E-state index in [0.29, 0.717) is 17.2 Å². The van der Waals surface area contributed by atoms with E-state index in [-0.39, 0.29) is 12.0 Å². The summed E-state index contributed by atoms with van der Waals surface area (Å²) in [7, 11) is 1.95. The summed E-state index contributed by atoms with van der Waals surface area (Å²) in [5.41, 5.74) is 1.13. The molecule has 2 rings (SSSR count). The molecule has 6 heteroatoms. The first-order valence-electron chi connectivity index (χ1n) is 8.61. The molecule has 0 atom stereocenters. The highest BCUT2D eigenvalue weighted by Gasteiger charge is 2.10. The van der Waals surface area contributed by atoms with E-state index in [1.54, 1.807) is 12.4 Å². The van der Waals surface area contributed by atoms with Gasteiger partial charge in [0, 0.05) is 31.7 Å². The number of ether oxygens (including phenoxy) is 1. The molecule has 0 unspecified atom stereocenters. The lowest BCUT2D eigenvalue weighted by Crippen LogP contribution is -2.21. The standard InChI is InChI=1S/C19H26N4O2/c1-5-6-11-23(4)19-20-12-15(13-21-19)18(24)22-16-7-9-17(10-8-16)25-14(2)3/h7-10,12-14H,5-6,11H2,1-4H3,(H,22,24). The molecule has 134 valence electrons. The maximum Gasteiger partial charge on any atom is 0.258 e. The van der Waals surface area contributed by atoms with Crippen molar-refractivity contribution in [1.82, 2.24) is 9.97 Å². The summed E-state index contributed by atoms with van der Waals surface area (Å²) in [5.74, 6) is 1.16. The Labute approximate surface area is 149 Å². The Morgan fingerprint density at radius 1 is 1.20 bits per heavy atom. The summed E-state index contributed by atoms with van der Waals surface area (Å²) in [6.45, 7) is 6.98. The van der Waals surface area contributed by atoms with E-state index in [9.17, 15) is 4.79 Å². The molecular weight excluding hydrogens is 316 g/mol. The minimum atomic E-state index is -0.236. The predicted molar refractivity (Wildman–Crippen MR) is 100 cm³/mol. The van der Waals surface area contributed by atoms with Crippen LogP contribution in [0.1, 0.15) is 44.0 Å². The van der Waals surface area contributed by atoms with E-state index < -0.39 is 0 Å². The average Bonchev–Trinajstić information content (AvgIpc) is 2.61. The normalized spacial score (nSPS) is 10.6. The van der Waals surface area contributed by atoms with E-state index in [2.05, 4.69) is 22.2 Å². The number of carbonyl (C=O) groups excluding carboxylic acids is 1. The molecular formula is C19H26N4O2. The number of amides is 1. The molecule has 0 radical (unpaired) electrons. The van der Waals surface area contributed by atoms with Gasteiger partial charge in [0.05, 0.1) is 11.7 Å². The number of nitrogens with one attached hydrogen (secondary N) is 1. The van der Waals surface area contributed by atoms with Gasteiger partial charge < -0.3 is 15.0 Å². The second-order valence-corrected chi connectivity index (χ2v) is 6.19. The van der Waals surface area contributed by atoms with Crippen LogP contribution in [0, 0.1) is 0 Å². The predicted octanol–water partition coefficient (Wildman–Crippen LogP) is 3.75. The molecule has 25 heavy (non-hydrogen) atoms. The van der Waals surface area contributed by atoms with Gasteiger partial charge in [-0.1, -0.05) is 13.3 Å². The first kappa shape index (κ1) is 18.7. The van der Waals surface area contributed by atoms with Gasteiger partial charge in [0.2, 0.25) is 5.95 Å². The summed E-state index contributed by atoms with van der Waals surface area (Å²) >= 11 is 0. The molecule has 0 bridgehead atoms. The van der Waals surface area contributed by atoms with Crippen LogP contribution in [0.15, 0.2) is 36.7 Å². The van der Waals surface area contributed by atoms with Crippen molar-refractivity contribution in [2.24, 2.45) is 0 Å². The Hall–Kier alpha value is -2.63. The molecule has 1 aromatic heterocycles. The number of unbranched alkanes of at least 4 members (excludes halogenated alkanes) is 1. The second-order valence-electron chi connectivity index (χ2n) is 6.19. The molecule has 1 N–H and O–H groups in total. The Kier molecular flexibility index (Phi) is 6.74. The van der Waals surface area contributed by atoms with Gasteiger partial charge in [-0.25, -0.2) is 9.97 Å². The molecule has 0 fully saturated rings. The molecule has 2 aromatic rings. The topological polar surface area (TPSA) is 67.4 Å². The van der Waals surface area contributed by atoms with E-state index in [0.717, 1.165) is 25.1 Å². The Morgan fingerprint density at radius 2 is 1.84 bits per heavy atom. The first-order chi connectivity index (χ1) is 12.0. The molecule has 1 amide bonds. The van der Waals surface area contributed by atoms with Crippen molar-refractivity contribution in [2.75, 3.05) is 23.8 Å². The Bertz CT molecular complexity index is 669. The smallest absolute Gasteiger partial charge is 0.258 e. The number of hydrogen-bond acceptors (Lipinski definition) is 5. The van der Waals surface area contributed by atoms with Crippen molar-refractivity contribution in [3.8, 4) is 5.75 Å². The second kappa shape index (κ2) is 9.01. The summed E-state index contributed by atoms with van der Waals surface area (Å²) in [5, 5.41) is 2.83. The van der Waals surface area contributed by atoms with Crippen LogP contribution in [0.3, 0.4) is 0 Å².